The fraction of sp³-hybridized carbons (Fsp3) is 1.00. The fourth-order valence-corrected chi connectivity index (χ4v) is 4.45. The van der Waals surface area contributed by atoms with Crippen molar-refractivity contribution in [1.29, 1.82) is 0 Å². The van der Waals surface area contributed by atoms with E-state index in [0.29, 0.717) is 16.9 Å². The molecule has 16 heavy (non-hydrogen) atoms. The molecule has 2 saturated carbocycles. The molecule has 1 N–H and O–H groups in total. The SMILES string of the molecule is CC1(C)C[C@@H]2C(C)(C)CCC[C@]23C[C@@H]1NO3. The molecule has 0 radical (unpaired) electrons. The van der Waals surface area contributed by atoms with Gasteiger partial charge in [-0.25, -0.2) is 0 Å². The average Bonchev–Trinajstić information content (AvgIpc) is 2.53. The van der Waals surface area contributed by atoms with Crippen molar-refractivity contribution in [2.75, 3.05) is 0 Å². The predicted octanol–water partition coefficient (Wildman–Crippen LogP) is 3.27. The van der Waals surface area contributed by atoms with Crippen molar-refractivity contribution < 1.29 is 4.84 Å². The van der Waals surface area contributed by atoms with Gasteiger partial charge in [0, 0.05) is 6.04 Å². The molecule has 0 aromatic heterocycles. The summed E-state index contributed by atoms with van der Waals surface area (Å²) in [6, 6.07) is 0.567. The largest absolute Gasteiger partial charge is 0.295 e. The molecule has 2 bridgehead atoms. The van der Waals surface area contributed by atoms with E-state index in [1.807, 2.05) is 0 Å². The number of rotatable bonds is 0. The van der Waals surface area contributed by atoms with Crippen LogP contribution >= 0.6 is 0 Å². The summed E-state index contributed by atoms with van der Waals surface area (Å²) in [5, 5.41) is 0. The summed E-state index contributed by atoms with van der Waals surface area (Å²) in [5.41, 5.74) is 4.34. The van der Waals surface area contributed by atoms with Crippen molar-refractivity contribution >= 4 is 0 Å². The van der Waals surface area contributed by atoms with Crippen LogP contribution in [0.3, 0.4) is 0 Å². The van der Waals surface area contributed by atoms with Crippen molar-refractivity contribution in [2.45, 2.75) is 71.4 Å². The van der Waals surface area contributed by atoms with Crippen LogP contribution in [0.1, 0.15) is 59.8 Å². The van der Waals surface area contributed by atoms with E-state index < -0.39 is 0 Å². The summed E-state index contributed by atoms with van der Waals surface area (Å²) in [7, 11) is 0. The van der Waals surface area contributed by atoms with Gasteiger partial charge in [0.1, 0.15) is 0 Å². The molecule has 0 aromatic rings. The highest BCUT2D eigenvalue weighted by Gasteiger charge is 2.61. The van der Waals surface area contributed by atoms with Crippen molar-refractivity contribution in [3.63, 3.8) is 0 Å². The minimum Gasteiger partial charge on any atom is -0.295 e. The van der Waals surface area contributed by atoms with Crippen LogP contribution in [0.5, 0.6) is 0 Å². The van der Waals surface area contributed by atoms with E-state index in [-0.39, 0.29) is 5.60 Å². The standard InChI is InChI=1S/C14H25NO/c1-12(2)6-5-7-14-9-11(15-16-14)13(3,4)8-10(12)14/h10-11,15H,5-9H2,1-4H3/t10-,11+,14+/m1/s1. The minimum atomic E-state index is 0.169. The van der Waals surface area contributed by atoms with Crippen molar-refractivity contribution in [3.8, 4) is 0 Å². The van der Waals surface area contributed by atoms with Crippen LogP contribution in [0.15, 0.2) is 0 Å². The molecule has 3 fully saturated rings. The van der Waals surface area contributed by atoms with E-state index in [1.54, 1.807) is 0 Å². The van der Waals surface area contributed by atoms with Crippen LogP contribution in [0.2, 0.25) is 0 Å². The maximum absolute atomic E-state index is 6.09. The van der Waals surface area contributed by atoms with Gasteiger partial charge in [0.25, 0.3) is 0 Å². The second-order valence-electron chi connectivity index (χ2n) is 7.63. The predicted molar refractivity (Wildman–Crippen MR) is 64.9 cm³/mol. The number of hydrogen-bond donors (Lipinski definition) is 1. The van der Waals surface area contributed by atoms with Gasteiger partial charge in [0.15, 0.2) is 0 Å². The minimum absolute atomic E-state index is 0.169. The molecular formula is C14H25NO. The quantitative estimate of drug-likeness (QED) is 0.680. The number of fused-ring (bicyclic) bond motifs is 1. The Balaban J connectivity index is 1.99. The van der Waals surface area contributed by atoms with E-state index in [0.717, 1.165) is 5.92 Å². The van der Waals surface area contributed by atoms with Crippen LogP contribution in [0.4, 0.5) is 0 Å². The van der Waals surface area contributed by atoms with Gasteiger partial charge in [0.05, 0.1) is 5.60 Å². The molecule has 2 heteroatoms. The second kappa shape index (κ2) is 3.02. The van der Waals surface area contributed by atoms with Gasteiger partial charge in [-0.15, -0.1) is 0 Å². The topological polar surface area (TPSA) is 21.3 Å². The Morgan fingerprint density at radius 3 is 2.50 bits per heavy atom. The molecule has 2 nitrogen and oxygen atoms in total. The van der Waals surface area contributed by atoms with Gasteiger partial charge < -0.3 is 0 Å². The number of hydroxylamine groups is 1. The zero-order valence-electron chi connectivity index (χ0n) is 11.1. The summed E-state index contributed by atoms with van der Waals surface area (Å²) >= 11 is 0. The third-order valence-corrected chi connectivity index (χ3v) is 5.63. The zero-order chi connectivity index (χ0) is 11.6. The Morgan fingerprint density at radius 1 is 1.00 bits per heavy atom. The van der Waals surface area contributed by atoms with Gasteiger partial charge >= 0.3 is 0 Å². The molecule has 0 unspecified atom stereocenters. The first-order valence-electron chi connectivity index (χ1n) is 6.79. The maximum Gasteiger partial charge on any atom is 0.0946 e. The number of nitrogens with one attached hydrogen (secondary N) is 1. The molecule has 2 aliphatic carbocycles. The van der Waals surface area contributed by atoms with Crippen LogP contribution in [0, 0.1) is 16.7 Å². The summed E-state index contributed by atoms with van der Waals surface area (Å²) in [4.78, 5) is 6.09. The molecule has 3 aliphatic rings. The Labute approximate surface area is 99.1 Å². The van der Waals surface area contributed by atoms with Gasteiger partial charge in [0.2, 0.25) is 0 Å². The van der Waals surface area contributed by atoms with Crippen molar-refractivity contribution in [1.82, 2.24) is 5.48 Å². The summed E-state index contributed by atoms with van der Waals surface area (Å²) in [6.07, 6.45) is 6.51. The lowest BCUT2D eigenvalue weighted by Gasteiger charge is -2.54. The first-order chi connectivity index (χ1) is 7.36. The fourth-order valence-electron chi connectivity index (χ4n) is 4.45. The van der Waals surface area contributed by atoms with Gasteiger partial charge in [-0.05, 0) is 48.9 Å². The van der Waals surface area contributed by atoms with Crippen LogP contribution in [-0.4, -0.2) is 11.6 Å². The van der Waals surface area contributed by atoms with E-state index in [9.17, 15) is 0 Å². The molecule has 92 valence electrons. The highest BCUT2D eigenvalue weighted by Crippen LogP contribution is 2.60. The van der Waals surface area contributed by atoms with Crippen molar-refractivity contribution in [3.05, 3.63) is 0 Å². The Bertz CT molecular complexity index is 310. The lowest BCUT2D eigenvalue weighted by atomic mass is 9.51. The van der Waals surface area contributed by atoms with E-state index >= 15 is 0 Å². The summed E-state index contributed by atoms with van der Waals surface area (Å²) in [6.45, 7) is 9.68. The number of hydrogen-bond acceptors (Lipinski definition) is 2. The molecule has 0 amide bonds. The van der Waals surface area contributed by atoms with Gasteiger partial charge in [-0.3, -0.25) is 4.84 Å². The van der Waals surface area contributed by atoms with E-state index in [4.69, 9.17) is 4.84 Å². The Morgan fingerprint density at radius 2 is 1.75 bits per heavy atom. The molecule has 1 spiro atoms. The molecule has 3 rings (SSSR count). The van der Waals surface area contributed by atoms with Crippen molar-refractivity contribution in [2.24, 2.45) is 16.7 Å². The molecular weight excluding hydrogens is 198 g/mol. The average molecular weight is 223 g/mol. The third-order valence-electron chi connectivity index (χ3n) is 5.63. The zero-order valence-corrected chi connectivity index (χ0v) is 11.1. The third kappa shape index (κ3) is 1.32. The highest BCUT2D eigenvalue weighted by molar-refractivity contribution is 5.11. The maximum atomic E-state index is 6.09. The Hall–Kier alpha value is -0.0800. The Kier molecular flexibility index (Phi) is 2.09. The molecule has 0 aromatic carbocycles. The normalized spacial score (nSPS) is 48.8. The van der Waals surface area contributed by atoms with E-state index in [2.05, 4.69) is 33.2 Å². The first-order valence-corrected chi connectivity index (χ1v) is 6.79. The van der Waals surface area contributed by atoms with Crippen LogP contribution in [0.25, 0.3) is 0 Å². The van der Waals surface area contributed by atoms with Gasteiger partial charge in [-0.2, -0.15) is 5.48 Å². The highest BCUT2D eigenvalue weighted by atomic mass is 16.7. The first kappa shape index (κ1) is 11.0. The molecule has 1 heterocycles. The summed E-state index contributed by atoms with van der Waals surface area (Å²) < 4.78 is 0. The van der Waals surface area contributed by atoms with Crippen LogP contribution in [-0.2, 0) is 4.84 Å². The smallest absolute Gasteiger partial charge is 0.0946 e. The lowest BCUT2D eigenvalue weighted by Crippen LogP contribution is -2.54. The van der Waals surface area contributed by atoms with Gasteiger partial charge in [-0.1, -0.05) is 27.7 Å². The molecule has 1 saturated heterocycles. The molecule has 3 atom stereocenters. The monoisotopic (exact) mass is 223 g/mol. The summed E-state index contributed by atoms with van der Waals surface area (Å²) in [5.74, 6) is 0.731. The second-order valence-corrected chi connectivity index (χ2v) is 7.63. The lowest BCUT2D eigenvalue weighted by molar-refractivity contribution is -0.149. The van der Waals surface area contributed by atoms with Crippen LogP contribution < -0.4 is 5.48 Å². The molecule has 1 aliphatic heterocycles. The van der Waals surface area contributed by atoms with E-state index in [1.165, 1.54) is 32.1 Å².